The van der Waals surface area contributed by atoms with Gasteiger partial charge in [0, 0.05) is 11.6 Å². The predicted molar refractivity (Wildman–Crippen MR) is 81.2 cm³/mol. The molecule has 0 aliphatic carbocycles. The van der Waals surface area contributed by atoms with Crippen molar-refractivity contribution in [3.8, 4) is 0 Å². The SMILES string of the molecule is NC(CN1CCCC1)c1noc(Cc2ccc(Cl)cc2)n1. The van der Waals surface area contributed by atoms with E-state index in [0.29, 0.717) is 18.1 Å². The van der Waals surface area contributed by atoms with Crippen molar-refractivity contribution in [2.75, 3.05) is 19.6 Å². The summed E-state index contributed by atoms with van der Waals surface area (Å²) < 4.78 is 5.29. The Hall–Kier alpha value is -1.43. The molecule has 2 aromatic rings. The Kier molecular flexibility index (Phi) is 4.53. The molecule has 6 heteroatoms. The summed E-state index contributed by atoms with van der Waals surface area (Å²) in [6, 6.07) is 7.43. The summed E-state index contributed by atoms with van der Waals surface area (Å²) in [5.74, 6) is 1.18. The third-order valence-electron chi connectivity index (χ3n) is 3.74. The fraction of sp³-hybridized carbons (Fsp3) is 0.467. The molecule has 0 spiro atoms. The third-order valence-corrected chi connectivity index (χ3v) is 3.99. The van der Waals surface area contributed by atoms with E-state index in [9.17, 15) is 0 Å². The molecule has 1 aromatic heterocycles. The van der Waals surface area contributed by atoms with Crippen LogP contribution in [0.25, 0.3) is 0 Å². The summed E-state index contributed by atoms with van der Waals surface area (Å²) in [4.78, 5) is 6.75. The average Bonchev–Trinajstić information content (AvgIpc) is 3.13. The molecule has 3 rings (SSSR count). The monoisotopic (exact) mass is 306 g/mol. The van der Waals surface area contributed by atoms with E-state index in [1.165, 1.54) is 12.8 Å². The van der Waals surface area contributed by atoms with E-state index in [-0.39, 0.29) is 6.04 Å². The number of rotatable bonds is 5. The number of likely N-dealkylation sites (tertiary alicyclic amines) is 1. The van der Waals surface area contributed by atoms with Gasteiger partial charge in [0.1, 0.15) is 0 Å². The molecule has 1 aliphatic rings. The van der Waals surface area contributed by atoms with E-state index < -0.39 is 0 Å². The molecule has 2 N–H and O–H groups in total. The van der Waals surface area contributed by atoms with Crippen molar-refractivity contribution in [3.05, 3.63) is 46.6 Å². The first-order valence-corrected chi connectivity index (χ1v) is 7.63. The normalized spacial score (nSPS) is 17.2. The second-order valence-electron chi connectivity index (χ2n) is 5.46. The quantitative estimate of drug-likeness (QED) is 0.918. The van der Waals surface area contributed by atoms with Crippen molar-refractivity contribution < 1.29 is 4.52 Å². The lowest BCUT2D eigenvalue weighted by Crippen LogP contribution is -2.30. The maximum absolute atomic E-state index is 6.16. The van der Waals surface area contributed by atoms with Crippen LogP contribution in [0.1, 0.15) is 36.2 Å². The van der Waals surface area contributed by atoms with Gasteiger partial charge in [-0.3, -0.25) is 0 Å². The Bertz CT molecular complexity index is 578. The highest BCUT2D eigenvalue weighted by atomic mass is 35.5. The van der Waals surface area contributed by atoms with Crippen LogP contribution >= 0.6 is 11.6 Å². The fourth-order valence-electron chi connectivity index (χ4n) is 2.59. The molecule has 2 heterocycles. The maximum atomic E-state index is 6.16. The zero-order chi connectivity index (χ0) is 14.7. The first-order valence-electron chi connectivity index (χ1n) is 7.25. The molecule has 0 radical (unpaired) electrons. The van der Waals surface area contributed by atoms with Crippen molar-refractivity contribution in [2.24, 2.45) is 5.73 Å². The van der Waals surface area contributed by atoms with Crippen molar-refractivity contribution in [1.82, 2.24) is 15.0 Å². The molecule has 1 fully saturated rings. The van der Waals surface area contributed by atoms with Crippen LogP contribution in [0.5, 0.6) is 0 Å². The highest BCUT2D eigenvalue weighted by Gasteiger charge is 2.20. The number of aromatic nitrogens is 2. The summed E-state index contributed by atoms with van der Waals surface area (Å²) in [6.45, 7) is 3.02. The number of halogens is 1. The first kappa shape index (κ1) is 14.5. The molecular formula is C15H19ClN4O. The van der Waals surface area contributed by atoms with Crippen LogP contribution in [0, 0.1) is 0 Å². The lowest BCUT2D eigenvalue weighted by atomic mass is 10.1. The van der Waals surface area contributed by atoms with Crippen LogP contribution in [-0.4, -0.2) is 34.7 Å². The maximum Gasteiger partial charge on any atom is 0.231 e. The van der Waals surface area contributed by atoms with Gasteiger partial charge < -0.3 is 15.2 Å². The summed E-state index contributed by atoms with van der Waals surface area (Å²) in [6.07, 6.45) is 3.10. The standard InChI is InChI=1S/C15H19ClN4O/c16-12-5-3-11(4-6-12)9-14-18-15(19-21-14)13(17)10-20-7-1-2-8-20/h3-6,13H,1-2,7-10,17H2. The van der Waals surface area contributed by atoms with Gasteiger partial charge >= 0.3 is 0 Å². The van der Waals surface area contributed by atoms with Gasteiger partial charge in [0.2, 0.25) is 5.89 Å². The highest BCUT2D eigenvalue weighted by Crippen LogP contribution is 2.16. The van der Waals surface area contributed by atoms with Crippen molar-refractivity contribution >= 4 is 11.6 Å². The van der Waals surface area contributed by atoms with Gasteiger partial charge in [0.25, 0.3) is 0 Å². The minimum Gasteiger partial charge on any atom is -0.339 e. The Morgan fingerprint density at radius 1 is 1.24 bits per heavy atom. The average molecular weight is 307 g/mol. The molecular weight excluding hydrogens is 288 g/mol. The van der Waals surface area contributed by atoms with Gasteiger partial charge in [-0.05, 0) is 43.6 Å². The molecule has 1 aromatic carbocycles. The smallest absolute Gasteiger partial charge is 0.231 e. The minimum absolute atomic E-state index is 0.189. The fourth-order valence-corrected chi connectivity index (χ4v) is 2.72. The molecule has 0 saturated carbocycles. The predicted octanol–water partition coefficient (Wildman–Crippen LogP) is 2.41. The second-order valence-corrected chi connectivity index (χ2v) is 5.90. The summed E-state index contributed by atoms with van der Waals surface area (Å²) >= 11 is 5.87. The van der Waals surface area contributed by atoms with Crippen molar-refractivity contribution in [2.45, 2.75) is 25.3 Å². The largest absolute Gasteiger partial charge is 0.339 e. The van der Waals surface area contributed by atoms with Crippen molar-refractivity contribution in [3.63, 3.8) is 0 Å². The van der Waals surface area contributed by atoms with Crippen LogP contribution < -0.4 is 5.73 Å². The van der Waals surface area contributed by atoms with Gasteiger partial charge in [0.15, 0.2) is 5.82 Å². The van der Waals surface area contributed by atoms with Crippen LogP contribution in [0.2, 0.25) is 5.02 Å². The zero-order valence-corrected chi connectivity index (χ0v) is 12.6. The Morgan fingerprint density at radius 3 is 2.67 bits per heavy atom. The van der Waals surface area contributed by atoms with E-state index in [4.69, 9.17) is 21.9 Å². The molecule has 1 aliphatic heterocycles. The Morgan fingerprint density at radius 2 is 1.95 bits per heavy atom. The molecule has 1 unspecified atom stereocenters. The second kappa shape index (κ2) is 6.56. The third kappa shape index (κ3) is 3.81. The van der Waals surface area contributed by atoms with Crippen LogP contribution in [-0.2, 0) is 6.42 Å². The van der Waals surface area contributed by atoms with Gasteiger partial charge in [0.05, 0.1) is 12.5 Å². The van der Waals surface area contributed by atoms with Crippen LogP contribution in [0.3, 0.4) is 0 Å². The first-order chi connectivity index (χ1) is 10.2. The number of nitrogens with zero attached hydrogens (tertiary/aromatic N) is 3. The molecule has 0 bridgehead atoms. The minimum atomic E-state index is -0.189. The lowest BCUT2D eigenvalue weighted by molar-refractivity contribution is 0.305. The zero-order valence-electron chi connectivity index (χ0n) is 11.8. The van der Waals surface area contributed by atoms with E-state index >= 15 is 0 Å². The molecule has 112 valence electrons. The van der Waals surface area contributed by atoms with Gasteiger partial charge in [-0.2, -0.15) is 4.98 Å². The summed E-state index contributed by atoms with van der Waals surface area (Å²) in [5.41, 5.74) is 7.24. The molecule has 1 saturated heterocycles. The molecule has 5 nitrogen and oxygen atoms in total. The lowest BCUT2D eigenvalue weighted by Gasteiger charge is -2.17. The van der Waals surface area contributed by atoms with Gasteiger partial charge in [-0.25, -0.2) is 0 Å². The summed E-state index contributed by atoms with van der Waals surface area (Å²) in [5, 5.41) is 4.73. The van der Waals surface area contributed by atoms with E-state index in [1.807, 2.05) is 24.3 Å². The number of benzene rings is 1. The highest BCUT2D eigenvalue weighted by molar-refractivity contribution is 6.30. The van der Waals surface area contributed by atoms with E-state index in [1.54, 1.807) is 0 Å². The molecule has 21 heavy (non-hydrogen) atoms. The van der Waals surface area contributed by atoms with E-state index in [0.717, 1.165) is 30.2 Å². The Balaban J connectivity index is 1.61. The van der Waals surface area contributed by atoms with Gasteiger partial charge in [-0.1, -0.05) is 28.9 Å². The van der Waals surface area contributed by atoms with E-state index in [2.05, 4.69) is 15.0 Å². The number of hydrogen-bond donors (Lipinski definition) is 1. The van der Waals surface area contributed by atoms with Crippen molar-refractivity contribution in [1.29, 1.82) is 0 Å². The molecule has 1 atom stereocenters. The number of nitrogens with two attached hydrogens (primary N) is 1. The topological polar surface area (TPSA) is 68.2 Å². The molecule has 0 amide bonds. The van der Waals surface area contributed by atoms with Gasteiger partial charge in [-0.15, -0.1) is 0 Å². The summed E-state index contributed by atoms with van der Waals surface area (Å²) in [7, 11) is 0. The van der Waals surface area contributed by atoms with Crippen LogP contribution in [0.15, 0.2) is 28.8 Å². The van der Waals surface area contributed by atoms with Crippen LogP contribution in [0.4, 0.5) is 0 Å². The Labute approximate surface area is 129 Å². The number of hydrogen-bond acceptors (Lipinski definition) is 5.